The lowest BCUT2D eigenvalue weighted by Gasteiger charge is -2.42. The number of hydrogen-bond donors (Lipinski definition) is 1. The Labute approximate surface area is 129 Å². The molecule has 2 unspecified atom stereocenters. The molecule has 0 radical (unpaired) electrons. The Morgan fingerprint density at radius 1 is 1.10 bits per heavy atom. The van der Waals surface area contributed by atoms with Gasteiger partial charge in [0.15, 0.2) is 0 Å². The van der Waals surface area contributed by atoms with E-state index >= 15 is 0 Å². The Hall–Kier alpha value is -0.900. The first-order valence-electron chi connectivity index (χ1n) is 8.36. The molecule has 3 heteroatoms. The van der Waals surface area contributed by atoms with Gasteiger partial charge in [-0.2, -0.15) is 0 Å². The number of rotatable bonds is 3. The third kappa shape index (κ3) is 2.87. The van der Waals surface area contributed by atoms with Gasteiger partial charge >= 0.3 is 0 Å². The molecule has 0 aromatic heterocycles. The summed E-state index contributed by atoms with van der Waals surface area (Å²) in [6.45, 7) is 12.2. The van der Waals surface area contributed by atoms with Crippen molar-refractivity contribution in [3.05, 3.63) is 34.4 Å². The maximum Gasteiger partial charge on any atom is 0.0474 e. The SMILES string of the molecule is Cc1cc(C)c(C(CN)N2CCN3CCCC3C2)cc1C. The normalized spacial score (nSPS) is 25.0. The number of fused-ring (bicyclic) bond motifs is 1. The van der Waals surface area contributed by atoms with Gasteiger partial charge in [0.1, 0.15) is 0 Å². The molecule has 0 amide bonds. The van der Waals surface area contributed by atoms with Gasteiger partial charge in [-0.15, -0.1) is 0 Å². The first-order valence-corrected chi connectivity index (χ1v) is 8.36. The minimum Gasteiger partial charge on any atom is -0.329 e. The minimum atomic E-state index is 0.382. The molecule has 2 aliphatic rings. The maximum atomic E-state index is 6.17. The molecule has 0 saturated carbocycles. The Balaban J connectivity index is 1.83. The van der Waals surface area contributed by atoms with Crippen LogP contribution in [0.2, 0.25) is 0 Å². The minimum absolute atomic E-state index is 0.382. The highest BCUT2D eigenvalue weighted by atomic mass is 15.3. The number of piperazine rings is 1. The standard InChI is InChI=1S/C18H29N3/c1-13-9-15(3)17(10-14(13)2)18(11-19)21-8-7-20-6-4-5-16(20)12-21/h9-10,16,18H,4-8,11-12,19H2,1-3H3. The van der Waals surface area contributed by atoms with Crippen molar-refractivity contribution in [2.75, 3.05) is 32.7 Å². The average molecular weight is 287 g/mol. The summed E-state index contributed by atoms with van der Waals surface area (Å²) in [6, 6.07) is 5.83. The van der Waals surface area contributed by atoms with Gasteiger partial charge in [-0.05, 0) is 62.4 Å². The fourth-order valence-corrected chi connectivity index (χ4v) is 4.11. The van der Waals surface area contributed by atoms with E-state index in [1.807, 2.05) is 0 Å². The fraction of sp³-hybridized carbons (Fsp3) is 0.667. The molecule has 2 aliphatic heterocycles. The van der Waals surface area contributed by atoms with Crippen LogP contribution in [0.5, 0.6) is 0 Å². The van der Waals surface area contributed by atoms with E-state index in [0.717, 1.165) is 19.1 Å². The van der Waals surface area contributed by atoms with E-state index in [1.54, 1.807) is 0 Å². The largest absolute Gasteiger partial charge is 0.329 e. The lowest BCUT2D eigenvalue weighted by atomic mass is 9.94. The molecule has 2 fully saturated rings. The van der Waals surface area contributed by atoms with E-state index in [2.05, 4.69) is 42.7 Å². The highest BCUT2D eigenvalue weighted by Gasteiger charge is 2.33. The van der Waals surface area contributed by atoms with Crippen LogP contribution in [-0.4, -0.2) is 48.6 Å². The average Bonchev–Trinajstić information content (AvgIpc) is 2.92. The van der Waals surface area contributed by atoms with Crippen molar-refractivity contribution in [1.82, 2.24) is 9.80 Å². The zero-order chi connectivity index (χ0) is 15.0. The van der Waals surface area contributed by atoms with Crippen molar-refractivity contribution in [2.45, 2.75) is 45.7 Å². The van der Waals surface area contributed by atoms with E-state index < -0.39 is 0 Å². The number of benzene rings is 1. The molecule has 1 aromatic rings. The van der Waals surface area contributed by atoms with Crippen molar-refractivity contribution >= 4 is 0 Å². The van der Waals surface area contributed by atoms with Gasteiger partial charge in [-0.25, -0.2) is 0 Å². The maximum absolute atomic E-state index is 6.17. The van der Waals surface area contributed by atoms with Crippen LogP contribution in [0.3, 0.4) is 0 Å². The van der Waals surface area contributed by atoms with Crippen molar-refractivity contribution < 1.29 is 0 Å². The van der Waals surface area contributed by atoms with Crippen molar-refractivity contribution in [1.29, 1.82) is 0 Å². The molecule has 0 bridgehead atoms. The summed E-state index contributed by atoms with van der Waals surface area (Å²) in [4.78, 5) is 5.29. The molecule has 0 spiro atoms. The molecule has 2 atom stereocenters. The Bertz CT molecular complexity index is 511. The summed E-state index contributed by atoms with van der Waals surface area (Å²) in [6.07, 6.45) is 2.73. The van der Waals surface area contributed by atoms with E-state index in [0.29, 0.717) is 6.04 Å². The second-order valence-corrected chi connectivity index (χ2v) is 6.87. The van der Waals surface area contributed by atoms with Crippen LogP contribution in [0.4, 0.5) is 0 Å². The smallest absolute Gasteiger partial charge is 0.0474 e. The van der Waals surface area contributed by atoms with Gasteiger partial charge in [0.2, 0.25) is 0 Å². The third-order valence-electron chi connectivity index (χ3n) is 5.52. The second kappa shape index (κ2) is 6.07. The van der Waals surface area contributed by atoms with E-state index in [-0.39, 0.29) is 0 Å². The summed E-state index contributed by atoms with van der Waals surface area (Å²) >= 11 is 0. The molecule has 0 aliphatic carbocycles. The Morgan fingerprint density at radius 3 is 2.62 bits per heavy atom. The predicted molar refractivity (Wildman–Crippen MR) is 88.6 cm³/mol. The molecular weight excluding hydrogens is 258 g/mol. The first-order chi connectivity index (χ1) is 10.1. The Morgan fingerprint density at radius 2 is 1.86 bits per heavy atom. The van der Waals surface area contributed by atoms with Crippen LogP contribution >= 0.6 is 0 Å². The lowest BCUT2D eigenvalue weighted by Crippen LogP contribution is -2.52. The molecule has 2 N–H and O–H groups in total. The number of hydrogen-bond acceptors (Lipinski definition) is 3. The summed E-state index contributed by atoms with van der Waals surface area (Å²) in [5.41, 5.74) is 11.8. The number of nitrogens with two attached hydrogens (primary N) is 1. The lowest BCUT2D eigenvalue weighted by molar-refractivity contribution is 0.0735. The molecule has 21 heavy (non-hydrogen) atoms. The van der Waals surface area contributed by atoms with Crippen LogP contribution in [0.25, 0.3) is 0 Å². The topological polar surface area (TPSA) is 32.5 Å². The van der Waals surface area contributed by atoms with Crippen LogP contribution < -0.4 is 5.73 Å². The summed E-state index contributed by atoms with van der Waals surface area (Å²) in [5, 5.41) is 0. The third-order valence-corrected chi connectivity index (χ3v) is 5.52. The van der Waals surface area contributed by atoms with Crippen LogP contribution in [0, 0.1) is 20.8 Å². The predicted octanol–water partition coefficient (Wildman–Crippen LogP) is 2.39. The molecule has 2 saturated heterocycles. The van der Waals surface area contributed by atoms with E-state index in [4.69, 9.17) is 5.73 Å². The second-order valence-electron chi connectivity index (χ2n) is 6.87. The van der Waals surface area contributed by atoms with Crippen molar-refractivity contribution in [2.24, 2.45) is 5.73 Å². The summed E-state index contributed by atoms with van der Waals surface area (Å²) < 4.78 is 0. The summed E-state index contributed by atoms with van der Waals surface area (Å²) in [5.74, 6) is 0. The highest BCUT2D eigenvalue weighted by Crippen LogP contribution is 2.30. The van der Waals surface area contributed by atoms with Crippen molar-refractivity contribution in [3.8, 4) is 0 Å². The molecule has 2 heterocycles. The van der Waals surface area contributed by atoms with Gasteiger partial charge < -0.3 is 5.73 Å². The first kappa shape index (κ1) is 15.0. The van der Waals surface area contributed by atoms with Gasteiger partial charge in [-0.1, -0.05) is 12.1 Å². The van der Waals surface area contributed by atoms with Crippen LogP contribution in [0.1, 0.15) is 41.1 Å². The number of aryl methyl sites for hydroxylation is 3. The van der Waals surface area contributed by atoms with Gasteiger partial charge in [0.25, 0.3) is 0 Å². The molecule has 3 rings (SSSR count). The van der Waals surface area contributed by atoms with E-state index in [9.17, 15) is 0 Å². The molecular formula is C18H29N3. The zero-order valence-electron chi connectivity index (χ0n) is 13.7. The summed E-state index contributed by atoms with van der Waals surface area (Å²) in [7, 11) is 0. The highest BCUT2D eigenvalue weighted by molar-refractivity contribution is 5.38. The quantitative estimate of drug-likeness (QED) is 0.926. The monoisotopic (exact) mass is 287 g/mol. The molecule has 116 valence electrons. The van der Waals surface area contributed by atoms with Gasteiger partial charge in [-0.3, -0.25) is 9.80 Å². The zero-order valence-corrected chi connectivity index (χ0v) is 13.7. The fourth-order valence-electron chi connectivity index (χ4n) is 4.11. The van der Waals surface area contributed by atoms with E-state index in [1.165, 1.54) is 54.7 Å². The van der Waals surface area contributed by atoms with Gasteiger partial charge in [0.05, 0.1) is 0 Å². The molecule has 1 aromatic carbocycles. The molecule has 3 nitrogen and oxygen atoms in total. The van der Waals surface area contributed by atoms with Crippen molar-refractivity contribution in [3.63, 3.8) is 0 Å². The Kier molecular flexibility index (Phi) is 4.34. The van der Waals surface area contributed by atoms with Crippen LogP contribution in [0.15, 0.2) is 12.1 Å². The van der Waals surface area contributed by atoms with Crippen LogP contribution in [-0.2, 0) is 0 Å². The number of nitrogens with zero attached hydrogens (tertiary/aromatic N) is 2. The van der Waals surface area contributed by atoms with Gasteiger partial charge in [0, 0.05) is 38.3 Å².